The van der Waals surface area contributed by atoms with E-state index in [9.17, 15) is 0 Å². The van der Waals surface area contributed by atoms with Crippen LogP contribution in [0.2, 0.25) is 0 Å². The van der Waals surface area contributed by atoms with Gasteiger partial charge in [-0.15, -0.1) is 11.3 Å². The van der Waals surface area contributed by atoms with E-state index in [-0.39, 0.29) is 0 Å². The van der Waals surface area contributed by atoms with E-state index in [1.165, 1.54) is 25.7 Å². The van der Waals surface area contributed by atoms with Crippen LogP contribution in [0.5, 0.6) is 0 Å². The van der Waals surface area contributed by atoms with Crippen LogP contribution in [0.4, 0.5) is 0 Å². The number of hydrogen-bond acceptors (Lipinski definition) is 5. The summed E-state index contributed by atoms with van der Waals surface area (Å²) in [5, 5.41) is 6.85. The minimum absolute atomic E-state index is 0.625. The number of furan rings is 1. The first-order chi connectivity index (χ1) is 26.7. The highest BCUT2D eigenvalue weighted by atomic mass is 32.1. The predicted octanol–water partition coefficient (Wildman–Crippen LogP) is 13.6. The van der Waals surface area contributed by atoms with Gasteiger partial charge in [0.25, 0.3) is 0 Å². The lowest BCUT2D eigenvalue weighted by Gasteiger charge is -2.12. The van der Waals surface area contributed by atoms with Gasteiger partial charge < -0.3 is 4.42 Å². The van der Waals surface area contributed by atoms with Gasteiger partial charge in [0.2, 0.25) is 0 Å². The van der Waals surface area contributed by atoms with Crippen molar-refractivity contribution in [3.8, 4) is 56.4 Å². The molecular weight excluding hydrogens is 679 g/mol. The van der Waals surface area contributed by atoms with E-state index in [2.05, 4.69) is 152 Å². The molecule has 0 fully saturated rings. The molecule has 11 rings (SSSR count). The maximum atomic E-state index is 6.69. The molecule has 5 heteroatoms. The molecule has 0 aliphatic heterocycles. The minimum Gasteiger partial charge on any atom is -0.455 e. The van der Waals surface area contributed by atoms with Crippen LogP contribution in [0.15, 0.2) is 180 Å². The zero-order chi connectivity index (χ0) is 35.6. The van der Waals surface area contributed by atoms with Gasteiger partial charge >= 0.3 is 0 Å². The van der Waals surface area contributed by atoms with Crippen molar-refractivity contribution in [1.82, 2.24) is 15.0 Å². The average molecular weight is 708 g/mol. The molecule has 8 aromatic carbocycles. The third-order valence-electron chi connectivity index (χ3n) is 10.3. The molecule has 0 unspecified atom stereocenters. The summed E-state index contributed by atoms with van der Waals surface area (Å²) in [5.74, 6) is 1.92. The summed E-state index contributed by atoms with van der Waals surface area (Å²) in [6.45, 7) is 0. The first kappa shape index (κ1) is 30.7. The van der Waals surface area contributed by atoms with Gasteiger partial charge in [-0.1, -0.05) is 140 Å². The largest absolute Gasteiger partial charge is 0.455 e. The van der Waals surface area contributed by atoms with Gasteiger partial charge in [-0.2, -0.15) is 0 Å². The molecular formula is C49H29N3OS. The molecule has 0 radical (unpaired) electrons. The second kappa shape index (κ2) is 12.3. The lowest BCUT2D eigenvalue weighted by atomic mass is 9.93. The van der Waals surface area contributed by atoms with Gasteiger partial charge in [0.1, 0.15) is 11.2 Å². The number of benzene rings is 8. The van der Waals surface area contributed by atoms with Gasteiger partial charge in [-0.3, -0.25) is 0 Å². The summed E-state index contributed by atoms with van der Waals surface area (Å²) in [6.07, 6.45) is 0. The number of aromatic nitrogens is 3. The van der Waals surface area contributed by atoms with Crippen LogP contribution < -0.4 is 0 Å². The number of para-hydroxylation sites is 1. The highest BCUT2D eigenvalue weighted by molar-refractivity contribution is 7.26. The fourth-order valence-electron chi connectivity index (χ4n) is 7.74. The number of thiophene rings is 1. The molecule has 0 saturated carbocycles. The van der Waals surface area contributed by atoms with Gasteiger partial charge in [0.15, 0.2) is 17.5 Å². The van der Waals surface area contributed by atoms with Gasteiger partial charge in [-0.25, -0.2) is 15.0 Å². The van der Waals surface area contributed by atoms with Crippen molar-refractivity contribution < 1.29 is 4.42 Å². The topological polar surface area (TPSA) is 51.8 Å². The summed E-state index contributed by atoms with van der Waals surface area (Å²) in [4.78, 5) is 15.4. The highest BCUT2D eigenvalue weighted by Crippen LogP contribution is 2.43. The number of hydrogen-bond donors (Lipinski definition) is 0. The lowest BCUT2D eigenvalue weighted by Crippen LogP contribution is -2.00. The molecule has 252 valence electrons. The maximum Gasteiger partial charge on any atom is 0.165 e. The molecule has 0 saturated heterocycles. The second-order valence-electron chi connectivity index (χ2n) is 13.6. The van der Waals surface area contributed by atoms with Crippen LogP contribution in [0, 0.1) is 0 Å². The van der Waals surface area contributed by atoms with Crippen molar-refractivity contribution in [3.05, 3.63) is 176 Å². The minimum atomic E-state index is 0.625. The van der Waals surface area contributed by atoms with Crippen LogP contribution in [-0.4, -0.2) is 15.0 Å². The molecule has 0 spiro atoms. The Hall–Kier alpha value is -6.95. The molecule has 0 amide bonds. The van der Waals surface area contributed by atoms with Crippen LogP contribution in [0.3, 0.4) is 0 Å². The smallest absolute Gasteiger partial charge is 0.165 e. The van der Waals surface area contributed by atoms with E-state index in [1.54, 1.807) is 11.3 Å². The monoisotopic (exact) mass is 707 g/mol. The fraction of sp³-hybridized carbons (Fsp3) is 0. The van der Waals surface area contributed by atoms with Gasteiger partial charge in [0.05, 0.1) is 0 Å². The highest BCUT2D eigenvalue weighted by Gasteiger charge is 2.20. The molecule has 4 nitrogen and oxygen atoms in total. The molecule has 3 aromatic heterocycles. The molecule has 0 aliphatic carbocycles. The van der Waals surface area contributed by atoms with E-state index < -0.39 is 0 Å². The molecule has 0 atom stereocenters. The van der Waals surface area contributed by atoms with Crippen molar-refractivity contribution in [2.24, 2.45) is 0 Å². The fourth-order valence-corrected chi connectivity index (χ4v) is 8.95. The van der Waals surface area contributed by atoms with Gasteiger partial charge in [-0.05, 0) is 64.0 Å². The summed E-state index contributed by atoms with van der Waals surface area (Å²) in [5.41, 5.74) is 9.11. The quantitative estimate of drug-likeness (QED) is 0.179. The van der Waals surface area contributed by atoms with Crippen LogP contribution in [0.1, 0.15) is 0 Å². The Morgan fingerprint density at radius 3 is 1.89 bits per heavy atom. The van der Waals surface area contributed by atoms with E-state index in [0.717, 1.165) is 66.1 Å². The normalized spacial score (nSPS) is 11.7. The van der Waals surface area contributed by atoms with E-state index in [4.69, 9.17) is 19.4 Å². The Bertz CT molecular complexity index is 3220. The lowest BCUT2D eigenvalue weighted by molar-refractivity contribution is 0.673. The molecule has 0 bridgehead atoms. The Balaban J connectivity index is 1.12. The first-order valence-corrected chi connectivity index (χ1v) is 18.8. The molecule has 0 aliphatic rings. The third-order valence-corrected chi connectivity index (χ3v) is 11.5. The summed E-state index contributed by atoms with van der Waals surface area (Å²) < 4.78 is 9.10. The van der Waals surface area contributed by atoms with Crippen LogP contribution in [0.25, 0.3) is 109 Å². The van der Waals surface area contributed by atoms with Crippen molar-refractivity contribution in [1.29, 1.82) is 0 Å². The molecule has 0 N–H and O–H groups in total. The van der Waals surface area contributed by atoms with Gasteiger partial charge in [0, 0.05) is 53.0 Å². The van der Waals surface area contributed by atoms with Crippen molar-refractivity contribution in [3.63, 3.8) is 0 Å². The van der Waals surface area contributed by atoms with Crippen LogP contribution >= 0.6 is 11.3 Å². The number of rotatable bonds is 5. The molecule has 11 aromatic rings. The number of nitrogens with zero attached hydrogens (tertiary/aromatic N) is 3. The average Bonchev–Trinajstić information content (AvgIpc) is 3.83. The summed E-state index contributed by atoms with van der Waals surface area (Å²) in [6, 6.07) is 61.5. The maximum absolute atomic E-state index is 6.69. The first-order valence-electron chi connectivity index (χ1n) is 18.0. The Labute approximate surface area is 314 Å². The summed E-state index contributed by atoms with van der Waals surface area (Å²) >= 11 is 1.78. The van der Waals surface area contributed by atoms with Crippen molar-refractivity contribution >= 4 is 64.2 Å². The van der Waals surface area contributed by atoms with Crippen LogP contribution in [-0.2, 0) is 0 Å². The standard InChI is InChI=1S/C49H29N3OS/c1-3-13-30(14-4-1)32-25-26-34-29-40(44-38-20-7-9-23-42(38)53-45(44)41(34)28-32)33-17-11-18-35(27-33)48-50-47(31-15-5-2-6-16-31)51-49(52-48)39-22-12-21-37-36-19-8-10-24-43(36)54-46(37)39/h1-29H. The predicted molar refractivity (Wildman–Crippen MR) is 225 cm³/mol. The van der Waals surface area contributed by atoms with Crippen molar-refractivity contribution in [2.75, 3.05) is 0 Å². The Morgan fingerprint density at radius 1 is 0.389 bits per heavy atom. The zero-order valence-electron chi connectivity index (χ0n) is 28.9. The Kier molecular flexibility index (Phi) is 7.00. The molecule has 3 heterocycles. The number of fused-ring (bicyclic) bond motifs is 8. The SMILES string of the molecule is c1ccc(-c2ccc3cc(-c4cccc(-c5nc(-c6ccccc6)nc(-c6cccc7c6sc6ccccc67)n5)c4)c4c5ccccc5oc4c3c2)cc1. The van der Waals surface area contributed by atoms with Crippen molar-refractivity contribution in [2.45, 2.75) is 0 Å². The summed E-state index contributed by atoms with van der Waals surface area (Å²) in [7, 11) is 0. The third kappa shape index (κ3) is 5.01. The van der Waals surface area contributed by atoms with E-state index >= 15 is 0 Å². The Morgan fingerprint density at radius 2 is 1.04 bits per heavy atom. The molecule has 54 heavy (non-hydrogen) atoms. The second-order valence-corrected chi connectivity index (χ2v) is 14.6. The van der Waals surface area contributed by atoms with E-state index in [0.29, 0.717) is 17.5 Å². The zero-order valence-corrected chi connectivity index (χ0v) is 29.7. The van der Waals surface area contributed by atoms with E-state index in [1.807, 2.05) is 24.3 Å².